The van der Waals surface area contributed by atoms with Gasteiger partial charge in [-0.2, -0.15) is 0 Å². The lowest BCUT2D eigenvalue weighted by Gasteiger charge is -2.06. The van der Waals surface area contributed by atoms with E-state index in [-0.39, 0.29) is 6.29 Å². The van der Waals surface area contributed by atoms with Gasteiger partial charge in [-0.1, -0.05) is 17.2 Å². The van der Waals surface area contributed by atoms with Crippen LogP contribution in [0.2, 0.25) is 0 Å². The number of rotatable bonds is 4. The maximum atomic E-state index is 5.16. The van der Waals surface area contributed by atoms with Crippen LogP contribution < -0.4 is 0 Å². The van der Waals surface area contributed by atoms with Gasteiger partial charge in [0.15, 0.2) is 0 Å². The van der Waals surface area contributed by atoms with Crippen LogP contribution in [0.5, 0.6) is 0 Å². The van der Waals surface area contributed by atoms with Crippen LogP contribution in [-0.2, 0) is 9.47 Å². The average Bonchev–Trinajstić information content (AvgIpc) is 2.56. The first-order valence-electron chi connectivity index (χ1n) is 4.95. The Kier molecular flexibility index (Phi) is 4.30. The number of hydrogen-bond donors (Lipinski definition) is 0. The molecule has 0 amide bonds. The molecule has 0 unspecified atom stereocenters. The smallest absolute Gasteiger partial charge is 0.259 e. The number of hydrogen-bond acceptors (Lipinski definition) is 2. The molecule has 0 atom stereocenters. The highest BCUT2D eigenvalue weighted by atomic mass is 16.7. The summed E-state index contributed by atoms with van der Waals surface area (Å²) in [6, 6.07) is 0. The van der Waals surface area contributed by atoms with E-state index in [0.717, 1.165) is 12.8 Å². The minimum Gasteiger partial charge on any atom is -0.456 e. The monoisotopic (exact) mass is 194 g/mol. The average molecular weight is 194 g/mol. The Morgan fingerprint density at radius 2 is 1.86 bits per heavy atom. The van der Waals surface area contributed by atoms with Crippen molar-refractivity contribution in [2.24, 2.45) is 0 Å². The minimum atomic E-state index is -0.207. The Morgan fingerprint density at radius 3 is 2.43 bits per heavy atom. The topological polar surface area (TPSA) is 18.5 Å². The zero-order valence-electron chi connectivity index (χ0n) is 9.12. The molecule has 2 heteroatoms. The summed E-state index contributed by atoms with van der Waals surface area (Å²) < 4.78 is 10.3. The summed E-state index contributed by atoms with van der Waals surface area (Å²) >= 11 is 0. The van der Waals surface area contributed by atoms with Crippen molar-refractivity contribution >= 4 is 0 Å². The summed E-state index contributed by atoms with van der Waals surface area (Å²) in [5.74, 6) is 0. The molecule has 1 aliphatic heterocycles. The highest BCUT2D eigenvalue weighted by Gasteiger charge is 2.07. The van der Waals surface area contributed by atoms with Gasteiger partial charge in [0, 0.05) is 0 Å². The Morgan fingerprint density at radius 1 is 1.21 bits per heavy atom. The van der Waals surface area contributed by atoms with Crippen LogP contribution in [0.3, 0.4) is 0 Å². The van der Waals surface area contributed by atoms with E-state index in [0.29, 0.717) is 0 Å². The highest BCUT2D eigenvalue weighted by Crippen LogP contribution is 2.12. The van der Waals surface area contributed by atoms with Crippen molar-refractivity contribution in [3.05, 3.63) is 35.8 Å². The van der Waals surface area contributed by atoms with Crippen LogP contribution in [0, 0.1) is 0 Å². The second kappa shape index (κ2) is 5.53. The normalized spacial score (nSPS) is 16.4. The second-order valence-corrected chi connectivity index (χ2v) is 3.75. The first kappa shape index (κ1) is 10.9. The Labute approximate surface area is 85.9 Å². The highest BCUT2D eigenvalue weighted by molar-refractivity contribution is 5.04. The Balaban J connectivity index is 2.26. The lowest BCUT2D eigenvalue weighted by atomic mass is 10.1. The van der Waals surface area contributed by atoms with Crippen LogP contribution in [0.4, 0.5) is 0 Å². The maximum Gasteiger partial charge on any atom is 0.259 e. The molecule has 0 aliphatic carbocycles. The summed E-state index contributed by atoms with van der Waals surface area (Å²) in [6.45, 7) is 6.34. The van der Waals surface area contributed by atoms with Crippen molar-refractivity contribution in [2.45, 2.75) is 39.9 Å². The lowest BCUT2D eigenvalue weighted by Crippen LogP contribution is -2.03. The molecule has 2 nitrogen and oxygen atoms in total. The van der Waals surface area contributed by atoms with Gasteiger partial charge in [-0.15, -0.1) is 0 Å². The first-order valence-corrected chi connectivity index (χ1v) is 4.95. The maximum absolute atomic E-state index is 5.16. The van der Waals surface area contributed by atoms with Crippen LogP contribution in [0.15, 0.2) is 35.8 Å². The predicted octanol–water partition coefficient (Wildman–Crippen LogP) is 3.52. The number of allylic oxidation sites excluding steroid dienone is 3. The van der Waals surface area contributed by atoms with Crippen LogP contribution >= 0.6 is 0 Å². The van der Waals surface area contributed by atoms with E-state index < -0.39 is 0 Å². The molecule has 0 fully saturated rings. The van der Waals surface area contributed by atoms with Crippen molar-refractivity contribution < 1.29 is 9.47 Å². The van der Waals surface area contributed by atoms with Gasteiger partial charge in [0.2, 0.25) is 0 Å². The molecule has 1 rings (SSSR count). The van der Waals surface area contributed by atoms with Crippen molar-refractivity contribution in [1.29, 1.82) is 0 Å². The van der Waals surface area contributed by atoms with Gasteiger partial charge >= 0.3 is 0 Å². The molecule has 0 aromatic heterocycles. The van der Waals surface area contributed by atoms with Crippen LogP contribution in [0.25, 0.3) is 0 Å². The van der Waals surface area contributed by atoms with Crippen LogP contribution in [0.1, 0.15) is 33.6 Å². The molecule has 0 saturated carbocycles. The third-order valence-electron chi connectivity index (χ3n) is 1.99. The molecule has 78 valence electrons. The van der Waals surface area contributed by atoms with Crippen molar-refractivity contribution in [3.8, 4) is 0 Å². The minimum absolute atomic E-state index is 0.207. The van der Waals surface area contributed by atoms with Gasteiger partial charge in [-0.05, 0) is 39.7 Å². The fourth-order valence-corrected chi connectivity index (χ4v) is 1.23. The van der Waals surface area contributed by atoms with Crippen molar-refractivity contribution in [3.63, 3.8) is 0 Å². The molecule has 0 aromatic rings. The number of ether oxygens (including phenoxy) is 2. The van der Waals surface area contributed by atoms with E-state index >= 15 is 0 Å². The SMILES string of the molecule is CC(C)=CCC/C(C)=C/C1OC=CO1. The van der Waals surface area contributed by atoms with Gasteiger partial charge in [0.1, 0.15) is 12.5 Å². The molecule has 0 saturated heterocycles. The predicted molar refractivity (Wildman–Crippen MR) is 57.5 cm³/mol. The van der Waals surface area contributed by atoms with E-state index in [9.17, 15) is 0 Å². The summed E-state index contributed by atoms with van der Waals surface area (Å²) in [5, 5.41) is 0. The van der Waals surface area contributed by atoms with Crippen LogP contribution in [-0.4, -0.2) is 6.29 Å². The van der Waals surface area contributed by atoms with Gasteiger partial charge in [0.05, 0.1) is 0 Å². The molecule has 0 aromatic carbocycles. The zero-order chi connectivity index (χ0) is 10.4. The lowest BCUT2D eigenvalue weighted by molar-refractivity contribution is 0.0184. The quantitative estimate of drug-likeness (QED) is 0.637. The van der Waals surface area contributed by atoms with Crippen molar-refractivity contribution in [2.75, 3.05) is 0 Å². The molecule has 0 radical (unpaired) electrons. The zero-order valence-corrected chi connectivity index (χ0v) is 9.12. The summed E-state index contributed by atoms with van der Waals surface area (Å²) in [4.78, 5) is 0. The fraction of sp³-hybridized carbons (Fsp3) is 0.500. The summed E-state index contributed by atoms with van der Waals surface area (Å²) in [7, 11) is 0. The fourth-order valence-electron chi connectivity index (χ4n) is 1.23. The molecule has 1 heterocycles. The van der Waals surface area contributed by atoms with E-state index in [2.05, 4.69) is 26.8 Å². The standard InChI is InChI=1S/C12H18O2/c1-10(2)5-4-6-11(3)9-12-13-7-8-14-12/h5,7-9,12H,4,6H2,1-3H3/b11-9+. The Hall–Kier alpha value is -1.18. The third kappa shape index (κ3) is 4.17. The van der Waals surface area contributed by atoms with E-state index in [1.165, 1.54) is 11.1 Å². The van der Waals surface area contributed by atoms with Gasteiger partial charge in [-0.25, -0.2) is 0 Å². The Bertz CT molecular complexity index is 249. The molecule has 1 aliphatic rings. The molecular formula is C12H18O2. The van der Waals surface area contributed by atoms with Gasteiger partial charge < -0.3 is 9.47 Å². The third-order valence-corrected chi connectivity index (χ3v) is 1.99. The van der Waals surface area contributed by atoms with Crippen molar-refractivity contribution in [1.82, 2.24) is 0 Å². The first-order chi connectivity index (χ1) is 6.68. The van der Waals surface area contributed by atoms with Gasteiger partial charge in [0.25, 0.3) is 6.29 Å². The molecule has 0 bridgehead atoms. The summed E-state index contributed by atoms with van der Waals surface area (Å²) in [6.07, 6.45) is 9.35. The summed E-state index contributed by atoms with van der Waals surface area (Å²) in [5.41, 5.74) is 2.67. The molecule has 0 spiro atoms. The molecule has 0 N–H and O–H groups in total. The van der Waals surface area contributed by atoms with E-state index in [1.807, 2.05) is 6.08 Å². The molecular weight excluding hydrogens is 176 g/mol. The second-order valence-electron chi connectivity index (χ2n) is 3.75. The van der Waals surface area contributed by atoms with E-state index in [4.69, 9.17) is 9.47 Å². The largest absolute Gasteiger partial charge is 0.456 e. The van der Waals surface area contributed by atoms with Gasteiger partial charge in [-0.3, -0.25) is 0 Å². The van der Waals surface area contributed by atoms with E-state index in [1.54, 1.807) is 12.5 Å². The molecule has 14 heavy (non-hydrogen) atoms.